The molecule has 0 saturated carbocycles. The number of aliphatic hydroxyl groups excluding tert-OH is 1. The second-order valence-electron chi connectivity index (χ2n) is 5.35. The molecule has 2 N–H and O–H groups in total. The van der Waals surface area contributed by atoms with Gasteiger partial charge >= 0.3 is 0 Å². The first kappa shape index (κ1) is 17.2. The Morgan fingerprint density at radius 1 is 1.30 bits per heavy atom. The van der Waals surface area contributed by atoms with Crippen LogP contribution >= 0.6 is 11.6 Å². The van der Waals surface area contributed by atoms with E-state index in [-0.39, 0.29) is 17.5 Å². The van der Waals surface area contributed by atoms with Crippen molar-refractivity contribution in [1.29, 1.82) is 0 Å². The summed E-state index contributed by atoms with van der Waals surface area (Å²) in [5, 5.41) is 9.02. The van der Waals surface area contributed by atoms with Gasteiger partial charge in [0.25, 0.3) is 11.5 Å². The fourth-order valence-corrected chi connectivity index (χ4v) is 2.36. The molecule has 0 aliphatic rings. The average molecular weight is 335 g/mol. The zero-order valence-electron chi connectivity index (χ0n) is 12.9. The molecule has 0 fully saturated rings. The monoisotopic (exact) mass is 334 g/mol. The standard InChI is InChI=1S/C17H19ClN2O3/c1-12-3-5-13(6-4-12)11-20(7-2-8-21)17(23)14-9-15(18)16(22)19-10-14/h3-6,9-10,21H,2,7-8,11H2,1H3,(H,19,22). The highest BCUT2D eigenvalue weighted by Crippen LogP contribution is 2.13. The summed E-state index contributed by atoms with van der Waals surface area (Å²) in [6.07, 6.45) is 1.84. The normalized spacial score (nSPS) is 10.6. The number of nitrogens with zero attached hydrogens (tertiary/aromatic N) is 1. The fraction of sp³-hybridized carbons (Fsp3) is 0.294. The molecule has 122 valence electrons. The molecule has 0 saturated heterocycles. The van der Waals surface area contributed by atoms with Gasteiger partial charge in [-0.3, -0.25) is 9.59 Å². The highest BCUT2D eigenvalue weighted by Gasteiger charge is 2.17. The Balaban J connectivity index is 2.22. The minimum atomic E-state index is -0.427. The Labute approximate surface area is 139 Å². The minimum absolute atomic E-state index is 0.00402. The zero-order valence-corrected chi connectivity index (χ0v) is 13.6. The molecule has 6 heteroatoms. The number of carbonyl (C=O) groups is 1. The van der Waals surface area contributed by atoms with Crippen molar-refractivity contribution in [2.45, 2.75) is 19.9 Å². The van der Waals surface area contributed by atoms with Gasteiger partial charge in [0.05, 0.1) is 5.56 Å². The van der Waals surface area contributed by atoms with Crippen molar-refractivity contribution in [3.8, 4) is 0 Å². The van der Waals surface area contributed by atoms with Crippen LogP contribution in [0.1, 0.15) is 27.9 Å². The smallest absolute Gasteiger partial charge is 0.266 e. The van der Waals surface area contributed by atoms with Gasteiger partial charge in [-0.25, -0.2) is 0 Å². The number of amides is 1. The van der Waals surface area contributed by atoms with E-state index >= 15 is 0 Å². The lowest BCUT2D eigenvalue weighted by molar-refractivity contribution is 0.0731. The lowest BCUT2D eigenvalue weighted by Gasteiger charge is -2.22. The number of nitrogens with one attached hydrogen (secondary N) is 1. The third kappa shape index (κ3) is 4.68. The first-order valence-electron chi connectivity index (χ1n) is 7.35. The maximum absolute atomic E-state index is 12.6. The van der Waals surface area contributed by atoms with Crippen LogP contribution in [0.25, 0.3) is 0 Å². The Morgan fingerprint density at radius 3 is 2.61 bits per heavy atom. The first-order valence-corrected chi connectivity index (χ1v) is 7.73. The molecule has 0 unspecified atom stereocenters. The summed E-state index contributed by atoms with van der Waals surface area (Å²) >= 11 is 5.79. The number of benzene rings is 1. The van der Waals surface area contributed by atoms with E-state index in [0.717, 1.165) is 11.1 Å². The molecule has 0 aliphatic heterocycles. The number of aromatic nitrogens is 1. The molecule has 0 aliphatic carbocycles. The number of carbonyl (C=O) groups excluding carboxylic acids is 1. The quantitative estimate of drug-likeness (QED) is 0.851. The van der Waals surface area contributed by atoms with Crippen LogP contribution < -0.4 is 5.56 Å². The summed E-state index contributed by atoms with van der Waals surface area (Å²) in [5.41, 5.74) is 2.04. The number of pyridine rings is 1. The summed E-state index contributed by atoms with van der Waals surface area (Å²) in [6, 6.07) is 9.27. The lowest BCUT2D eigenvalue weighted by atomic mass is 10.1. The average Bonchev–Trinajstić information content (AvgIpc) is 2.55. The van der Waals surface area contributed by atoms with Crippen molar-refractivity contribution in [3.63, 3.8) is 0 Å². The number of hydrogen-bond donors (Lipinski definition) is 2. The van der Waals surface area contributed by atoms with Gasteiger partial charge in [0.2, 0.25) is 0 Å². The summed E-state index contributed by atoms with van der Waals surface area (Å²) < 4.78 is 0. The largest absolute Gasteiger partial charge is 0.396 e. The van der Waals surface area contributed by atoms with Gasteiger partial charge < -0.3 is 15.0 Å². The van der Waals surface area contributed by atoms with Crippen molar-refractivity contribution in [2.24, 2.45) is 0 Å². The molecule has 1 aromatic carbocycles. The molecule has 1 amide bonds. The molecule has 5 nitrogen and oxygen atoms in total. The Hall–Kier alpha value is -2.11. The van der Waals surface area contributed by atoms with E-state index in [4.69, 9.17) is 16.7 Å². The van der Waals surface area contributed by atoms with E-state index in [1.165, 1.54) is 12.3 Å². The molecule has 0 bridgehead atoms. The zero-order chi connectivity index (χ0) is 16.8. The highest BCUT2D eigenvalue weighted by atomic mass is 35.5. The summed E-state index contributed by atoms with van der Waals surface area (Å²) in [4.78, 5) is 28.0. The number of aryl methyl sites for hydroxylation is 1. The van der Waals surface area contributed by atoms with Crippen LogP contribution in [0.4, 0.5) is 0 Å². The van der Waals surface area contributed by atoms with E-state index in [1.54, 1.807) is 4.90 Å². The maximum atomic E-state index is 12.6. The Kier molecular flexibility index (Phi) is 5.96. The molecular formula is C17H19ClN2O3. The second kappa shape index (κ2) is 7.94. The first-order chi connectivity index (χ1) is 11.0. The Bertz CT molecular complexity index is 725. The van der Waals surface area contributed by atoms with E-state index in [2.05, 4.69) is 4.98 Å². The number of rotatable bonds is 6. The number of aromatic amines is 1. The van der Waals surface area contributed by atoms with Crippen molar-refractivity contribution >= 4 is 17.5 Å². The molecular weight excluding hydrogens is 316 g/mol. The molecule has 23 heavy (non-hydrogen) atoms. The van der Waals surface area contributed by atoms with Crippen LogP contribution in [-0.4, -0.2) is 34.0 Å². The van der Waals surface area contributed by atoms with Gasteiger partial charge in [0, 0.05) is 25.9 Å². The highest BCUT2D eigenvalue weighted by molar-refractivity contribution is 6.30. The van der Waals surface area contributed by atoms with Gasteiger partial charge in [-0.1, -0.05) is 41.4 Å². The van der Waals surface area contributed by atoms with Crippen LogP contribution in [0.5, 0.6) is 0 Å². The van der Waals surface area contributed by atoms with Gasteiger partial charge in [-0.2, -0.15) is 0 Å². The van der Waals surface area contributed by atoms with Crippen LogP contribution in [-0.2, 0) is 6.54 Å². The third-order valence-electron chi connectivity index (χ3n) is 3.47. The minimum Gasteiger partial charge on any atom is -0.396 e. The van der Waals surface area contributed by atoms with E-state index in [9.17, 15) is 9.59 Å². The SMILES string of the molecule is Cc1ccc(CN(CCCO)C(=O)c2c[nH]c(=O)c(Cl)c2)cc1. The molecule has 1 aromatic heterocycles. The van der Waals surface area contributed by atoms with E-state index < -0.39 is 5.56 Å². The molecule has 0 atom stereocenters. The predicted molar refractivity (Wildman–Crippen MR) is 89.7 cm³/mol. The van der Waals surface area contributed by atoms with Crippen LogP contribution in [0.15, 0.2) is 41.3 Å². The second-order valence-corrected chi connectivity index (χ2v) is 5.76. The number of halogens is 1. The van der Waals surface area contributed by atoms with E-state index in [1.807, 2.05) is 31.2 Å². The maximum Gasteiger partial charge on any atom is 0.266 e. The van der Waals surface area contributed by atoms with E-state index in [0.29, 0.717) is 25.1 Å². The van der Waals surface area contributed by atoms with Crippen LogP contribution in [0.3, 0.4) is 0 Å². The van der Waals surface area contributed by atoms with Crippen molar-refractivity contribution in [1.82, 2.24) is 9.88 Å². The predicted octanol–water partition coefficient (Wildman–Crippen LogP) is 2.36. The number of H-pyrrole nitrogens is 1. The van der Waals surface area contributed by atoms with Gasteiger partial charge in [0.15, 0.2) is 0 Å². The fourth-order valence-electron chi connectivity index (χ4n) is 2.19. The van der Waals surface area contributed by atoms with Gasteiger partial charge in [0.1, 0.15) is 5.02 Å². The summed E-state index contributed by atoms with van der Waals surface area (Å²) in [7, 11) is 0. The number of aliphatic hydroxyl groups is 1. The molecule has 0 radical (unpaired) electrons. The lowest BCUT2D eigenvalue weighted by Crippen LogP contribution is -2.32. The molecule has 1 heterocycles. The van der Waals surface area contributed by atoms with Crippen LogP contribution in [0, 0.1) is 6.92 Å². The number of hydrogen-bond acceptors (Lipinski definition) is 3. The van der Waals surface area contributed by atoms with Crippen LogP contribution in [0.2, 0.25) is 5.02 Å². The summed E-state index contributed by atoms with van der Waals surface area (Å²) in [5.74, 6) is -0.239. The third-order valence-corrected chi connectivity index (χ3v) is 3.75. The van der Waals surface area contributed by atoms with Crippen molar-refractivity contribution in [2.75, 3.05) is 13.2 Å². The topological polar surface area (TPSA) is 73.4 Å². The molecule has 0 spiro atoms. The summed E-state index contributed by atoms with van der Waals surface area (Å²) in [6.45, 7) is 2.85. The molecule has 2 rings (SSSR count). The van der Waals surface area contributed by atoms with Gasteiger partial charge in [-0.05, 0) is 25.0 Å². The van der Waals surface area contributed by atoms with Crippen molar-refractivity contribution in [3.05, 3.63) is 68.6 Å². The van der Waals surface area contributed by atoms with Gasteiger partial charge in [-0.15, -0.1) is 0 Å². The molecule has 2 aromatic rings. The Morgan fingerprint density at radius 2 is 2.00 bits per heavy atom. The van der Waals surface area contributed by atoms with Crippen molar-refractivity contribution < 1.29 is 9.90 Å².